The van der Waals surface area contributed by atoms with Gasteiger partial charge in [-0.1, -0.05) is 28.0 Å². The van der Waals surface area contributed by atoms with Crippen molar-refractivity contribution in [2.75, 3.05) is 11.9 Å². The van der Waals surface area contributed by atoms with E-state index in [1.54, 1.807) is 13.0 Å². The van der Waals surface area contributed by atoms with Gasteiger partial charge in [0.2, 0.25) is 5.76 Å². The minimum atomic E-state index is -0.197. The number of nitrogens with zero attached hydrogens (tertiary/aromatic N) is 1. The molecule has 1 N–H and O–H groups in total. The van der Waals surface area contributed by atoms with Crippen molar-refractivity contribution in [3.63, 3.8) is 0 Å². The number of halogens is 1. The fourth-order valence-corrected chi connectivity index (χ4v) is 1.89. The number of hydrogen-bond donors (Lipinski definition) is 1. The minimum absolute atomic E-state index is 0.197. The van der Waals surface area contributed by atoms with E-state index in [1.807, 2.05) is 0 Å². The Morgan fingerprint density at radius 3 is 3.00 bits per heavy atom. The van der Waals surface area contributed by atoms with Crippen LogP contribution in [0.1, 0.15) is 29.6 Å². The van der Waals surface area contributed by atoms with Crippen molar-refractivity contribution in [1.82, 2.24) is 10.5 Å². The predicted octanol–water partition coefficient (Wildman–Crippen LogP) is 2.13. The van der Waals surface area contributed by atoms with Gasteiger partial charge in [-0.05, 0) is 19.3 Å². The molecule has 1 aromatic heterocycles. The molecule has 1 rings (SSSR count). The van der Waals surface area contributed by atoms with Gasteiger partial charge in [0.1, 0.15) is 0 Å². The van der Waals surface area contributed by atoms with Crippen LogP contribution in [0.2, 0.25) is 0 Å². The van der Waals surface area contributed by atoms with Crippen LogP contribution in [-0.2, 0) is 0 Å². The summed E-state index contributed by atoms with van der Waals surface area (Å²) >= 11 is 3.36. The van der Waals surface area contributed by atoms with Crippen molar-refractivity contribution in [2.24, 2.45) is 5.92 Å². The Balaban J connectivity index is 2.36. The highest BCUT2D eigenvalue weighted by atomic mass is 79.9. The highest BCUT2D eigenvalue weighted by Gasteiger charge is 2.11. The SMILES string of the molecule is Cc1cc(C(=O)NCC(C)CCBr)on1. The monoisotopic (exact) mass is 274 g/mol. The van der Waals surface area contributed by atoms with E-state index in [0.717, 1.165) is 11.8 Å². The highest BCUT2D eigenvalue weighted by molar-refractivity contribution is 9.09. The molecular weight excluding hydrogens is 260 g/mol. The zero-order chi connectivity index (χ0) is 11.3. The van der Waals surface area contributed by atoms with Crippen molar-refractivity contribution in [2.45, 2.75) is 20.3 Å². The van der Waals surface area contributed by atoms with E-state index in [1.165, 1.54) is 0 Å². The van der Waals surface area contributed by atoms with Gasteiger partial charge >= 0.3 is 0 Å². The number of hydrogen-bond acceptors (Lipinski definition) is 3. The lowest BCUT2D eigenvalue weighted by atomic mass is 10.1. The van der Waals surface area contributed by atoms with Crippen molar-refractivity contribution >= 4 is 21.8 Å². The fourth-order valence-electron chi connectivity index (χ4n) is 1.11. The molecule has 0 saturated carbocycles. The first-order chi connectivity index (χ1) is 7.13. The molecule has 0 aliphatic heterocycles. The Hall–Kier alpha value is -0.840. The van der Waals surface area contributed by atoms with Gasteiger partial charge in [-0.2, -0.15) is 0 Å². The number of carbonyl (C=O) groups is 1. The van der Waals surface area contributed by atoms with Crippen LogP contribution in [0.3, 0.4) is 0 Å². The number of aryl methyl sites for hydroxylation is 1. The van der Waals surface area contributed by atoms with Gasteiger partial charge in [0.15, 0.2) is 0 Å². The second-order valence-electron chi connectivity index (χ2n) is 3.63. The van der Waals surface area contributed by atoms with E-state index >= 15 is 0 Å². The molecule has 0 radical (unpaired) electrons. The number of aromatic nitrogens is 1. The van der Waals surface area contributed by atoms with Crippen LogP contribution in [0.15, 0.2) is 10.6 Å². The maximum Gasteiger partial charge on any atom is 0.289 e. The van der Waals surface area contributed by atoms with E-state index in [4.69, 9.17) is 4.52 Å². The quantitative estimate of drug-likeness (QED) is 0.837. The number of rotatable bonds is 5. The molecule has 0 saturated heterocycles. The van der Waals surface area contributed by atoms with Crippen LogP contribution >= 0.6 is 15.9 Å². The van der Waals surface area contributed by atoms with Gasteiger partial charge in [-0.15, -0.1) is 0 Å². The summed E-state index contributed by atoms with van der Waals surface area (Å²) in [4.78, 5) is 11.5. The lowest BCUT2D eigenvalue weighted by molar-refractivity contribution is 0.0911. The van der Waals surface area contributed by atoms with Crippen LogP contribution in [-0.4, -0.2) is 22.9 Å². The van der Waals surface area contributed by atoms with Gasteiger partial charge in [0.05, 0.1) is 5.69 Å². The maximum atomic E-state index is 11.5. The third-order valence-electron chi connectivity index (χ3n) is 2.06. The Labute approximate surface area is 97.5 Å². The van der Waals surface area contributed by atoms with E-state index < -0.39 is 0 Å². The molecule has 1 aromatic rings. The molecule has 0 fully saturated rings. The van der Waals surface area contributed by atoms with Gasteiger partial charge < -0.3 is 9.84 Å². The molecule has 1 atom stereocenters. The van der Waals surface area contributed by atoms with Crippen molar-refractivity contribution in [3.8, 4) is 0 Å². The second kappa shape index (κ2) is 5.90. The van der Waals surface area contributed by atoms with Crippen molar-refractivity contribution in [1.29, 1.82) is 0 Å². The normalized spacial score (nSPS) is 12.5. The summed E-state index contributed by atoms with van der Waals surface area (Å²) in [7, 11) is 0. The Bertz CT molecular complexity index is 325. The minimum Gasteiger partial charge on any atom is -0.351 e. The lowest BCUT2D eigenvalue weighted by Gasteiger charge is -2.09. The van der Waals surface area contributed by atoms with Crippen molar-refractivity contribution in [3.05, 3.63) is 17.5 Å². The summed E-state index contributed by atoms with van der Waals surface area (Å²) in [5, 5.41) is 7.41. The second-order valence-corrected chi connectivity index (χ2v) is 4.42. The summed E-state index contributed by atoms with van der Waals surface area (Å²) in [6.45, 7) is 4.53. The molecule has 0 spiro atoms. The first-order valence-corrected chi connectivity index (χ1v) is 6.03. The Morgan fingerprint density at radius 1 is 1.73 bits per heavy atom. The zero-order valence-electron chi connectivity index (χ0n) is 8.92. The molecular formula is C10H15BrN2O2. The van der Waals surface area contributed by atoms with Gasteiger partial charge in [0.25, 0.3) is 5.91 Å². The van der Waals surface area contributed by atoms with Crippen LogP contribution in [0.4, 0.5) is 0 Å². The smallest absolute Gasteiger partial charge is 0.289 e. The van der Waals surface area contributed by atoms with Gasteiger partial charge in [-0.25, -0.2) is 0 Å². The molecule has 1 amide bonds. The fraction of sp³-hybridized carbons (Fsp3) is 0.600. The average molecular weight is 275 g/mol. The number of carbonyl (C=O) groups excluding carboxylic acids is 1. The lowest BCUT2D eigenvalue weighted by Crippen LogP contribution is -2.28. The first kappa shape index (κ1) is 12.2. The molecule has 0 bridgehead atoms. The Morgan fingerprint density at radius 2 is 2.47 bits per heavy atom. The van der Waals surface area contributed by atoms with Crippen LogP contribution in [0.5, 0.6) is 0 Å². The molecule has 4 nitrogen and oxygen atoms in total. The summed E-state index contributed by atoms with van der Waals surface area (Å²) in [5.41, 5.74) is 0.716. The van der Waals surface area contributed by atoms with E-state index in [0.29, 0.717) is 18.2 Å². The summed E-state index contributed by atoms with van der Waals surface area (Å²) in [6.07, 6.45) is 1.04. The molecule has 15 heavy (non-hydrogen) atoms. The van der Waals surface area contributed by atoms with Gasteiger partial charge in [0, 0.05) is 17.9 Å². The van der Waals surface area contributed by atoms with E-state index in [2.05, 4.69) is 33.3 Å². The molecule has 0 aliphatic rings. The largest absolute Gasteiger partial charge is 0.351 e. The maximum absolute atomic E-state index is 11.5. The standard InChI is InChI=1S/C10H15BrN2O2/c1-7(3-4-11)6-12-10(14)9-5-8(2)13-15-9/h5,7H,3-4,6H2,1-2H3,(H,12,14). The molecule has 5 heteroatoms. The van der Waals surface area contributed by atoms with E-state index in [-0.39, 0.29) is 11.7 Å². The van der Waals surface area contributed by atoms with Crippen molar-refractivity contribution < 1.29 is 9.32 Å². The summed E-state index contributed by atoms with van der Waals surface area (Å²) in [6, 6.07) is 1.63. The number of amides is 1. The molecule has 0 aliphatic carbocycles. The number of nitrogens with one attached hydrogen (secondary N) is 1. The Kier molecular flexibility index (Phi) is 4.81. The third-order valence-corrected chi connectivity index (χ3v) is 2.52. The summed E-state index contributed by atoms with van der Waals surface area (Å²) in [5.74, 6) is 0.535. The van der Waals surface area contributed by atoms with Crippen LogP contribution in [0.25, 0.3) is 0 Å². The topological polar surface area (TPSA) is 55.1 Å². The number of alkyl halides is 1. The molecule has 84 valence electrons. The predicted molar refractivity (Wildman–Crippen MR) is 61.1 cm³/mol. The molecule has 1 unspecified atom stereocenters. The third kappa shape index (κ3) is 4.03. The van der Waals surface area contributed by atoms with Crippen LogP contribution in [0, 0.1) is 12.8 Å². The zero-order valence-corrected chi connectivity index (χ0v) is 10.5. The van der Waals surface area contributed by atoms with Crippen LogP contribution < -0.4 is 5.32 Å². The first-order valence-electron chi connectivity index (χ1n) is 4.91. The molecule has 0 aromatic carbocycles. The van der Waals surface area contributed by atoms with Gasteiger partial charge in [-0.3, -0.25) is 4.79 Å². The van der Waals surface area contributed by atoms with E-state index in [9.17, 15) is 4.79 Å². The average Bonchev–Trinajstić information content (AvgIpc) is 2.62. The summed E-state index contributed by atoms with van der Waals surface area (Å²) < 4.78 is 4.85. The highest BCUT2D eigenvalue weighted by Crippen LogP contribution is 2.04. The molecule has 1 heterocycles.